The molecule has 1 N–H and O–H groups in total. The van der Waals surface area contributed by atoms with Crippen molar-refractivity contribution < 1.29 is 9.84 Å². The summed E-state index contributed by atoms with van der Waals surface area (Å²) in [5.74, 6) is 1.10. The molecule has 0 bridgehead atoms. The van der Waals surface area contributed by atoms with Gasteiger partial charge in [0, 0.05) is 10.8 Å². The minimum atomic E-state index is -0.529. The van der Waals surface area contributed by atoms with E-state index in [0.29, 0.717) is 16.5 Å². The molecule has 13 heavy (non-hydrogen) atoms. The molecule has 0 aliphatic heterocycles. The second-order valence-corrected chi connectivity index (χ2v) is 3.40. The Kier molecular flexibility index (Phi) is 4.42. The van der Waals surface area contributed by atoms with Crippen LogP contribution >= 0.6 is 24.2 Å². The molecule has 0 spiro atoms. The molecule has 0 radical (unpaired) electrons. The molecular weight excluding hydrogens is 208 g/mol. The predicted molar refractivity (Wildman–Crippen MR) is 56.8 cm³/mol. The predicted octanol–water partition coefficient (Wildman–Crippen LogP) is 2.01. The molecule has 0 aliphatic rings. The average molecular weight is 219 g/mol. The fraction of sp³-hybridized carbons (Fsp3) is 0.333. The molecule has 1 unspecified atom stereocenters. The number of hydrogen-bond acceptors (Lipinski definition) is 3. The highest BCUT2D eigenvalue weighted by molar-refractivity contribution is 7.80. The Balaban J connectivity index is 2.41. The van der Waals surface area contributed by atoms with Crippen LogP contribution in [-0.4, -0.2) is 23.6 Å². The molecule has 72 valence electrons. The van der Waals surface area contributed by atoms with Gasteiger partial charge in [0.05, 0.1) is 6.10 Å². The standard InChI is InChI=1S/C9H11ClO2S/c10-7-1-3-9(4-2-7)12-5-8(11)6-13/h1-4,8,11,13H,5-6H2. The van der Waals surface area contributed by atoms with Crippen molar-refractivity contribution in [3.63, 3.8) is 0 Å². The quantitative estimate of drug-likeness (QED) is 0.758. The summed E-state index contributed by atoms with van der Waals surface area (Å²) in [6.45, 7) is 0.255. The SMILES string of the molecule is OC(CS)COc1ccc(Cl)cc1. The van der Waals surface area contributed by atoms with Crippen LogP contribution in [0.3, 0.4) is 0 Å². The maximum atomic E-state index is 9.15. The van der Waals surface area contributed by atoms with E-state index >= 15 is 0 Å². The number of ether oxygens (including phenoxy) is 1. The van der Waals surface area contributed by atoms with Gasteiger partial charge in [0.15, 0.2) is 0 Å². The minimum Gasteiger partial charge on any atom is -0.491 e. The van der Waals surface area contributed by atoms with Gasteiger partial charge in [-0.15, -0.1) is 0 Å². The van der Waals surface area contributed by atoms with Crippen molar-refractivity contribution >= 4 is 24.2 Å². The molecule has 0 saturated carbocycles. The lowest BCUT2D eigenvalue weighted by atomic mass is 10.3. The van der Waals surface area contributed by atoms with Crippen LogP contribution in [0.5, 0.6) is 5.75 Å². The number of halogens is 1. The maximum Gasteiger partial charge on any atom is 0.119 e. The number of benzene rings is 1. The first kappa shape index (κ1) is 10.7. The third-order valence-corrected chi connectivity index (χ3v) is 2.14. The second kappa shape index (κ2) is 5.37. The second-order valence-electron chi connectivity index (χ2n) is 2.60. The Hall–Kier alpha value is -0.380. The van der Waals surface area contributed by atoms with Gasteiger partial charge in [-0.3, -0.25) is 0 Å². The van der Waals surface area contributed by atoms with Crippen molar-refractivity contribution in [1.82, 2.24) is 0 Å². The smallest absolute Gasteiger partial charge is 0.119 e. The minimum absolute atomic E-state index is 0.255. The molecular formula is C9H11ClO2S. The fourth-order valence-corrected chi connectivity index (χ4v) is 1.01. The van der Waals surface area contributed by atoms with Crippen LogP contribution in [0.15, 0.2) is 24.3 Å². The molecule has 0 saturated heterocycles. The van der Waals surface area contributed by atoms with Gasteiger partial charge >= 0.3 is 0 Å². The van der Waals surface area contributed by atoms with Gasteiger partial charge in [-0.1, -0.05) is 11.6 Å². The van der Waals surface area contributed by atoms with Gasteiger partial charge in [-0.05, 0) is 24.3 Å². The zero-order valence-electron chi connectivity index (χ0n) is 6.98. The third kappa shape index (κ3) is 3.89. The van der Waals surface area contributed by atoms with Gasteiger partial charge < -0.3 is 9.84 Å². The van der Waals surface area contributed by atoms with Crippen molar-refractivity contribution in [2.45, 2.75) is 6.10 Å². The third-order valence-electron chi connectivity index (χ3n) is 1.47. The van der Waals surface area contributed by atoms with Crippen LogP contribution in [0.25, 0.3) is 0 Å². The number of thiol groups is 1. The Morgan fingerprint density at radius 1 is 1.38 bits per heavy atom. The maximum absolute atomic E-state index is 9.15. The van der Waals surface area contributed by atoms with Crippen molar-refractivity contribution in [1.29, 1.82) is 0 Å². The number of aliphatic hydroxyl groups excluding tert-OH is 1. The van der Waals surface area contributed by atoms with E-state index in [-0.39, 0.29) is 6.61 Å². The Morgan fingerprint density at radius 2 is 2.00 bits per heavy atom. The van der Waals surface area contributed by atoms with E-state index in [2.05, 4.69) is 12.6 Å². The number of rotatable bonds is 4. The summed E-state index contributed by atoms with van der Waals surface area (Å²) < 4.78 is 5.26. The van der Waals surface area contributed by atoms with E-state index < -0.39 is 6.10 Å². The van der Waals surface area contributed by atoms with Gasteiger partial charge in [0.25, 0.3) is 0 Å². The lowest BCUT2D eigenvalue weighted by Gasteiger charge is -2.09. The first-order chi connectivity index (χ1) is 6.22. The summed E-state index contributed by atoms with van der Waals surface area (Å²) in [6.07, 6.45) is -0.529. The summed E-state index contributed by atoms with van der Waals surface area (Å²) in [4.78, 5) is 0. The van der Waals surface area contributed by atoms with Crippen LogP contribution in [0.4, 0.5) is 0 Å². The largest absolute Gasteiger partial charge is 0.491 e. The van der Waals surface area contributed by atoms with E-state index in [4.69, 9.17) is 21.4 Å². The molecule has 0 aliphatic carbocycles. The summed E-state index contributed by atoms with van der Waals surface area (Å²) in [5.41, 5.74) is 0. The van der Waals surface area contributed by atoms with Crippen molar-refractivity contribution in [3.05, 3.63) is 29.3 Å². The van der Waals surface area contributed by atoms with E-state index in [1.54, 1.807) is 24.3 Å². The van der Waals surface area contributed by atoms with Crippen molar-refractivity contribution in [2.24, 2.45) is 0 Å². The van der Waals surface area contributed by atoms with Crippen molar-refractivity contribution in [3.8, 4) is 5.75 Å². The molecule has 1 aromatic carbocycles. The zero-order valence-corrected chi connectivity index (χ0v) is 8.63. The highest BCUT2D eigenvalue weighted by Crippen LogP contribution is 2.15. The normalized spacial score (nSPS) is 12.5. The molecule has 1 rings (SSSR count). The summed E-state index contributed by atoms with van der Waals surface area (Å²) in [5, 5.41) is 9.81. The van der Waals surface area contributed by atoms with E-state index in [9.17, 15) is 0 Å². The van der Waals surface area contributed by atoms with E-state index in [1.807, 2.05) is 0 Å². The molecule has 4 heteroatoms. The van der Waals surface area contributed by atoms with Crippen LogP contribution in [0.1, 0.15) is 0 Å². The molecule has 0 heterocycles. The molecule has 0 fully saturated rings. The summed E-state index contributed by atoms with van der Waals surface area (Å²) >= 11 is 9.61. The van der Waals surface area contributed by atoms with Crippen LogP contribution in [0, 0.1) is 0 Å². The van der Waals surface area contributed by atoms with Gasteiger partial charge in [-0.2, -0.15) is 12.6 Å². The Bertz CT molecular complexity index is 250. The lowest BCUT2D eigenvalue weighted by molar-refractivity contribution is 0.126. The first-order valence-electron chi connectivity index (χ1n) is 3.89. The monoisotopic (exact) mass is 218 g/mol. The highest BCUT2D eigenvalue weighted by Gasteiger charge is 2.01. The first-order valence-corrected chi connectivity index (χ1v) is 4.90. The van der Waals surface area contributed by atoms with E-state index in [1.165, 1.54) is 0 Å². The average Bonchev–Trinajstić information content (AvgIpc) is 2.16. The van der Waals surface area contributed by atoms with E-state index in [0.717, 1.165) is 0 Å². The highest BCUT2D eigenvalue weighted by atomic mass is 35.5. The Morgan fingerprint density at radius 3 is 2.54 bits per heavy atom. The Labute approximate surface area is 87.9 Å². The number of aliphatic hydroxyl groups is 1. The molecule has 2 nitrogen and oxygen atoms in total. The number of hydrogen-bond donors (Lipinski definition) is 2. The van der Waals surface area contributed by atoms with Gasteiger partial charge in [0.1, 0.15) is 12.4 Å². The summed E-state index contributed by atoms with van der Waals surface area (Å²) in [7, 11) is 0. The van der Waals surface area contributed by atoms with Crippen LogP contribution in [-0.2, 0) is 0 Å². The summed E-state index contributed by atoms with van der Waals surface area (Å²) in [6, 6.07) is 7.00. The van der Waals surface area contributed by atoms with Gasteiger partial charge in [-0.25, -0.2) is 0 Å². The lowest BCUT2D eigenvalue weighted by Crippen LogP contribution is -2.18. The molecule has 1 atom stereocenters. The zero-order chi connectivity index (χ0) is 9.68. The van der Waals surface area contributed by atoms with Gasteiger partial charge in [0.2, 0.25) is 0 Å². The molecule has 1 aromatic rings. The van der Waals surface area contributed by atoms with Crippen LogP contribution < -0.4 is 4.74 Å². The van der Waals surface area contributed by atoms with Crippen LogP contribution in [0.2, 0.25) is 5.02 Å². The molecule has 0 amide bonds. The molecule has 0 aromatic heterocycles. The topological polar surface area (TPSA) is 29.5 Å². The van der Waals surface area contributed by atoms with Crippen molar-refractivity contribution in [2.75, 3.05) is 12.4 Å². The fourth-order valence-electron chi connectivity index (χ4n) is 0.776.